The Bertz CT molecular complexity index is 2250. The van der Waals surface area contributed by atoms with Crippen molar-refractivity contribution < 1.29 is 22.5 Å². The van der Waals surface area contributed by atoms with Crippen LogP contribution < -0.4 is 14.9 Å². The van der Waals surface area contributed by atoms with Gasteiger partial charge in [0.25, 0.3) is 21.6 Å². The van der Waals surface area contributed by atoms with Crippen LogP contribution in [0.25, 0.3) is 11.1 Å². The molecule has 0 unspecified atom stereocenters. The Balaban J connectivity index is 0.00000497. The molecule has 5 aromatic rings. The Kier molecular flexibility index (Phi) is 12.2. The van der Waals surface area contributed by atoms with Gasteiger partial charge in [-0.15, -0.1) is 24.2 Å². The standard InChI is InChI=1S/C40H38FN5O5S2.ClH/c41-32-14-10-28(11-15-32)36-9-5-4-6-31(36)26-44-21-22-45-33(27-44)16-12-29-24-30(13-19-38(29)45)40(47)43-53(50,51)35-17-18-37(39(25-35)46(48)49)42-20-23-52-34-7-2-1-3-8-34;/h1-11,13-15,17-19,24-25,33,42H,12,16,20-23,26-27H2,(H,43,47);1H/t33-;/m0./s1. The van der Waals surface area contributed by atoms with Crippen LogP contribution in [-0.4, -0.2) is 62.1 Å². The van der Waals surface area contributed by atoms with Crippen LogP contribution in [0, 0.1) is 15.9 Å². The highest BCUT2D eigenvalue weighted by Crippen LogP contribution is 2.35. The first-order chi connectivity index (χ1) is 25.6. The number of rotatable bonds is 12. The van der Waals surface area contributed by atoms with Crippen molar-refractivity contribution in [2.45, 2.75) is 35.2 Å². The van der Waals surface area contributed by atoms with E-state index >= 15 is 0 Å². The normalized spacial score (nSPS) is 15.4. The number of nitro benzene ring substituents is 1. The number of anilines is 2. The minimum Gasteiger partial charge on any atom is -0.379 e. The van der Waals surface area contributed by atoms with Gasteiger partial charge in [-0.05, 0) is 89.7 Å². The number of hydrogen-bond donors (Lipinski definition) is 2. The van der Waals surface area contributed by atoms with E-state index in [1.54, 1.807) is 23.9 Å². The highest BCUT2D eigenvalue weighted by Gasteiger charge is 2.33. The molecule has 54 heavy (non-hydrogen) atoms. The van der Waals surface area contributed by atoms with Crippen LogP contribution in [0.3, 0.4) is 0 Å². The molecule has 2 N–H and O–H groups in total. The van der Waals surface area contributed by atoms with E-state index in [9.17, 15) is 27.7 Å². The number of halogens is 2. The fourth-order valence-electron chi connectivity index (χ4n) is 7.06. The van der Waals surface area contributed by atoms with E-state index in [0.29, 0.717) is 12.3 Å². The molecule has 0 bridgehead atoms. The molecule has 7 rings (SSSR count). The lowest BCUT2D eigenvalue weighted by molar-refractivity contribution is -0.384. The zero-order chi connectivity index (χ0) is 37.0. The van der Waals surface area contributed by atoms with E-state index in [1.807, 2.05) is 60.7 Å². The predicted molar refractivity (Wildman–Crippen MR) is 214 cm³/mol. The van der Waals surface area contributed by atoms with Crippen LogP contribution in [0.4, 0.5) is 21.5 Å². The van der Waals surface area contributed by atoms with Gasteiger partial charge in [0.15, 0.2) is 0 Å². The average Bonchev–Trinajstić information content (AvgIpc) is 3.17. The molecule has 2 heterocycles. The van der Waals surface area contributed by atoms with Crippen LogP contribution in [-0.2, 0) is 23.0 Å². The van der Waals surface area contributed by atoms with Gasteiger partial charge in [0, 0.05) is 66.7 Å². The van der Waals surface area contributed by atoms with Crippen LogP contribution in [0.15, 0.2) is 125 Å². The Morgan fingerprint density at radius 1 is 0.926 bits per heavy atom. The van der Waals surface area contributed by atoms with Crippen molar-refractivity contribution in [3.05, 3.63) is 148 Å². The maximum Gasteiger partial charge on any atom is 0.293 e. The van der Waals surface area contributed by atoms with E-state index in [1.165, 1.54) is 29.8 Å². The first-order valence-corrected chi connectivity index (χ1v) is 19.8. The first-order valence-electron chi connectivity index (χ1n) is 17.4. The molecule has 10 nitrogen and oxygen atoms in total. The minimum atomic E-state index is -4.41. The molecule has 1 saturated heterocycles. The molecule has 2 aliphatic heterocycles. The number of hydrogen-bond acceptors (Lipinski definition) is 9. The van der Waals surface area contributed by atoms with E-state index in [0.717, 1.165) is 72.4 Å². The molecule has 280 valence electrons. The zero-order valence-corrected chi connectivity index (χ0v) is 31.6. The number of piperazine rings is 1. The van der Waals surface area contributed by atoms with Gasteiger partial charge in [0.2, 0.25) is 0 Å². The summed E-state index contributed by atoms with van der Waals surface area (Å²) in [7, 11) is -4.41. The average molecular weight is 788 g/mol. The number of thioether (sulfide) groups is 1. The van der Waals surface area contributed by atoms with Crippen LogP contribution in [0.1, 0.15) is 27.9 Å². The lowest BCUT2D eigenvalue weighted by Gasteiger charge is -2.46. The smallest absolute Gasteiger partial charge is 0.293 e. The second-order valence-corrected chi connectivity index (χ2v) is 15.9. The summed E-state index contributed by atoms with van der Waals surface area (Å²) in [4.78, 5) is 30.0. The van der Waals surface area contributed by atoms with Gasteiger partial charge in [-0.25, -0.2) is 17.5 Å². The Labute approximate surface area is 324 Å². The number of carbonyl (C=O) groups is 1. The zero-order valence-electron chi connectivity index (χ0n) is 29.2. The van der Waals surface area contributed by atoms with Crippen LogP contribution in [0.5, 0.6) is 0 Å². The molecule has 14 heteroatoms. The van der Waals surface area contributed by atoms with Crippen molar-refractivity contribution in [3.63, 3.8) is 0 Å². The number of nitrogens with zero attached hydrogens (tertiary/aromatic N) is 3. The second-order valence-electron chi connectivity index (χ2n) is 13.1. The molecule has 1 atom stereocenters. The number of sulfonamides is 1. The van der Waals surface area contributed by atoms with Crippen molar-refractivity contribution in [1.29, 1.82) is 0 Å². The van der Waals surface area contributed by atoms with E-state index in [4.69, 9.17) is 0 Å². The van der Waals surface area contributed by atoms with Crippen molar-refractivity contribution in [2.75, 3.05) is 42.1 Å². The third-order valence-electron chi connectivity index (χ3n) is 9.66. The van der Waals surface area contributed by atoms with E-state index in [2.05, 4.69) is 32.0 Å². The van der Waals surface area contributed by atoms with Gasteiger partial charge in [-0.1, -0.05) is 54.6 Å². The lowest BCUT2D eigenvalue weighted by Crippen LogP contribution is -2.54. The molecule has 5 aromatic carbocycles. The summed E-state index contributed by atoms with van der Waals surface area (Å²) in [5, 5.41) is 14.9. The summed E-state index contributed by atoms with van der Waals surface area (Å²) in [6.45, 7) is 3.69. The molecule has 0 aromatic heterocycles. The molecule has 0 saturated carbocycles. The summed E-state index contributed by atoms with van der Waals surface area (Å²) >= 11 is 1.59. The van der Waals surface area contributed by atoms with E-state index in [-0.39, 0.29) is 40.4 Å². The number of amides is 1. The van der Waals surface area contributed by atoms with Crippen LogP contribution >= 0.6 is 24.2 Å². The van der Waals surface area contributed by atoms with Crippen molar-refractivity contribution in [3.8, 4) is 11.1 Å². The first kappa shape index (κ1) is 38.8. The molecule has 2 aliphatic rings. The highest BCUT2D eigenvalue weighted by atomic mass is 35.5. The van der Waals surface area contributed by atoms with Gasteiger partial charge in [0.05, 0.1) is 9.82 Å². The Hall–Kier alpha value is -4.95. The molecular formula is C40H39ClFN5O5S2. The topological polar surface area (TPSA) is 125 Å². The minimum absolute atomic E-state index is 0. The number of benzene rings is 5. The quantitative estimate of drug-likeness (QED) is 0.0565. The fourth-order valence-corrected chi connectivity index (χ4v) is 8.84. The van der Waals surface area contributed by atoms with Crippen molar-refractivity contribution in [1.82, 2.24) is 9.62 Å². The maximum atomic E-state index is 13.6. The molecular weight excluding hydrogens is 749 g/mol. The van der Waals surface area contributed by atoms with Crippen LogP contribution in [0.2, 0.25) is 0 Å². The van der Waals surface area contributed by atoms with Crippen molar-refractivity contribution in [2.24, 2.45) is 0 Å². The maximum absolute atomic E-state index is 13.6. The number of carbonyl (C=O) groups excluding carboxylic acids is 1. The third kappa shape index (κ3) is 8.87. The molecule has 0 aliphatic carbocycles. The summed E-state index contributed by atoms with van der Waals surface area (Å²) in [5.41, 5.74) is 5.26. The predicted octanol–water partition coefficient (Wildman–Crippen LogP) is 7.78. The summed E-state index contributed by atoms with van der Waals surface area (Å²) in [6.07, 6.45) is 1.61. The Morgan fingerprint density at radius 2 is 1.69 bits per heavy atom. The lowest BCUT2D eigenvalue weighted by atomic mass is 9.92. The Morgan fingerprint density at radius 3 is 2.46 bits per heavy atom. The second kappa shape index (κ2) is 17.0. The molecule has 0 radical (unpaired) electrons. The van der Waals surface area contributed by atoms with E-state index < -0.39 is 26.5 Å². The summed E-state index contributed by atoms with van der Waals surface area (Å²) in [5.74, 6) is -0.419. The van der Waals surface area contributed by atoms with Gasteiger partial charge in [-0.3, -0.25) is 19.8 Å². The molecule has 0 spiro atoms. The monoisotopic (exact) mass is 787 g/mol. The van der Waals surface area contributed by atoms with Gasteiger partial charge >= 0.3 is 0 Å². The van der Waals surface area contributed by atoms with Gasteiger partial charge in [0.1, 0.15) is 11.5 Å². The summed E-state index contributed by atoms with van der Waals surface area (Å²) < 4.78 is 42.2. The van der Waals surface area contributed by atoms with Gasteiger partial charge < -0.3 is 10.2 Å². The summed E-state index contributed by atoms with van der Waals surface area (Å²) in [6, 6.07) is 33.7. The number of fused-ring (bicyclic) bond motifs is 3. The molecule has 1 amide bonds. The number of nitrogens with one attached hydrogen (secondary N) is 2. The van der Waals surface area contributed by atoms with Crippen molar-refractivity contribution >= 4 is 57.2 Å². The van der Waals surface area contributed by atoms with Gasteiger partial charge in [-0.2, -0.15) is 0 Å². The number of aryl methyl sites for hydroxylation is 1. The SMILES string of the molecule is Cl.O=C(NS(=O)(=O)c1ccc(NCCSc2ccccc2)c([N+](=O)[O-])c1)c1ccc2c(c1)CC[C@H]1CN(Cc3ccccc3-c3ccc(F)cc3)CCN21. The number of nitro groups is 1. The largest absolute Gasteiger partial charge is 0.379 e. The molecule has 1 fully saturated rings. The highest BCUT2D eigenvalue weighted by molar-refractivity contribution is 7.99. The third-order valence-corrected chi connectivity index (χ3v) is 12.0. The fraction of sp³-hybridized carbons (Fsp3) is 0.225.